The quantitative estimate of drug-likeness (QED) is 0.385. The van der Waals surface area contributed by atoms with Crippen molar-refractivity contribution in [1.29, 1.82) is 0 Å². The van der Waals surface area contributed by atoms with Gasteiger partial charge in [-0.25, -0.2) is 9.67 Å². The van der Waals surface area contributed by atoms with Gasteiger partial charge < -0.3 is 5.32 Å². The number of nitro groups is 1. The normalized spacial score (nSPS) is 15.9. The molecule has 0 saturated heterocycles. The van der Waals surface area contributed by atoms with Gasteiger partial charge in [0, 0.05) is 30.0 Å². The van der Waals surface area contributed by atoms with Crippen molar-refractivity contribution in [3.05, 3.63) is 50.9 Å². The van der Waals surface area contributed by atoms with E-state index in [1.165, 1.54) is 36.2 Å². The topological polar surface area (TPSA) is 125 Å². The number of amides is 1. The highest BCUT2D eigenvalue weighted by atomic mass is 32.2. The van der Waals surface area contributed by atoms with Crippen molar-refractivity contribution in [2.24, 2.45) is 0 Å². The predicted molar refractivity (Wildman–Crippen MR) is 113 cm³/mol. The van der Waals surface area contributed by atoms with E-state index in [9.17, 15) is 19.7 Å². The van der Waals surface area contributed by atoms with Crippen LogP contribution in [0.3, 0.4) is 0 Å². The molecule has 0 spiro atoms. The maximum Gasteiger partial charge on any atom is 0.271 e. The molecule has 1 aliphatic heterocycles. The number of aromatic nitrogens is 4. The lowest BCUT2D eigenvalue weighted by atomic mass is 10.1. The molecular formula is C19H20N6O4S. The highest BCUT2D eigenvalue weighted by Crippen LogP contribution is 2.34. The first kappa shape index (κ1) is 20.1. The summed E-state index contributed by atoms with van der Waals surface area (Å²) in [6, 6.07) is 5.39. The third-order valence-electron chi connectivity index (χ3n) is 4.77. The van der Waals surface area contributed by atoms with E-state index in [-0.39, 0.29) is 35.2 Å². The van der Waals surface area contributed by atoms with E-state index in [1.54, 1.807) is 15.3 Å². The fourth-order valence-corrected chi connectivity index (χ4v) is 4.53. The van der Waals surface area contributed by atoms with Crippen molar-refractivity contribution in [3.8, 4) is 0 Å². The molecule has 1 N–H and O–H groups in total. The Morgan fingerprint density at radius 2 is 2.17 bits per heavy atom. The molecule has 1 aromatic carbocycles. The van der Waals surface area contributed by atoms with Crippen molar-refractivity contribution in [3.63, 3.8) is 0 Å². The van der Waals surface area contributed by atoms with E-state index in [4.69, 9.17) is 0 Å². The Morgan fingerprint density at radius 1 is 1.40 bits per heavy atom. The van der Waals surface area contributed by atoms with Gasteiger partial charge in [-0.3, -0.25) is 24.3 Å². The van der Waals surface area contributed by atoms with Gasteiger partial charge in [0.25, 0.3) is 11.2 Å². The van der Waals surface area contributed by atoms with Gasteiger partial charge in [0.05, 0.1) is 22.7 Å². The number of fused-ring (bicyclic) bond motifs is 2. The van der Waals surface area contributed by atoms with E-state index >= 15 is 0 Å². The molecule has 0 radical (unpaired) electrons. The average molecular weight is 428 g/mol. The maximum atomic E-state index is 13.1. The summed E-state index contributed by atoms with van der Waals surface area (Å²) in [6.07, 6.45) is 1.58. The fourth-order valence-electron chi connectivity index (χ4n) is 3.40. The number of hydrogen-bond acceptors (Lipinski definition) is 7. The minimum absolute atomic E-state index is 0.0587. The molecule has 0 fully saturated rings. The fraction of sp³-hybridized carbons (Fsp3) is 0.368. The van der Waals surface area contributed by atoms with Crippen LogP contribution in [-0.4, -0.2) is 35.9 Å². The molecule has 0 bridgehead atoms. The number of thioether (sulfide) groups is 1. The van der Waals surface area contributed by atoms with Gasteiger partial charge in [-0.15, -0.1) is 0 Å². The molecule has 0 aliphatic carbocycles. The first-order chi connectivity index (χ1) is 14.1. The molecule has 3 aromatic rings. The Bertz CT molecular complexity index is 1230. The van der Waals surface area contributed by atoms with Crippen LogP contribution in [0.5, 0.6) is 0 Å². The number of nitrogens with one attached hydrogen (secondary N) is 1. The number of nitro benzene ring substituents is 1. The summed E-state index contributed by atoms with van der Waals surface area (Å²) >= 11 is 1.42. The number of carbonyl (C=O) groups excluding carboxylic acids is 1. The summed E-state index contributed by atoms with van der Waals surface area (Å²) in [6.45, 7) is 5.96. The highest BCUT2D eigenvalue weighted by molar-refractivity contribution is 7.99. The van der Waals surface area contributed by atoms with E-state index in [0.29, 0.717) is 27.6 Å². The zero-order valence-corrected chi connectivity index (χ0v) is 17.5. The van der Waals surface area contributed by atoms with Gasteiger partial charge in [0.2, 0.25) is 5.91 Å². The van der Waals surface area contributed by atoms with E-state index in [2.05, 4.69) is 15.4 Å². The van der Waals surface area contributed by atoms with Crippen LogP contribution in [0.25, 0.3) is 11.0 Å². The third-order valence-corrected chi connectivity index (χ3v) is 5.87. The van der Waals surface area contributed by atoms with Crippen molar-refractivity contribution >= 4 is 40.1 Å². The molecule has 4 rings (SSSR count). The van der Waals surface area contributed by atoms with Crippen molar-refractivity contribution in [2.75, 3.05) is 11.1 Å². The Labute approximate surface area is 175 Å². The molecule has 10 nitrogen and oxygen atoms in total. The molecule has 1 atom stereocenters. The summed E-state index contributed by atoms with van der Waals surface area (Å²) in [5.74, 6) is 0.214. The largest absolute Gasteiger partial charge is 0.326 e. The van der Waals surface area contributed by atoms with E-state index < -0.39 is 4.92 Å². The monoisotopic (exact) mass is 428 g/mol. The summed E-state index contributed by atoms with van der Waals surface area (Å²) in [5.41, 5.74) is 0.235. The van der Waals surface area contributed by atoms with Gasteiger partial charge in [-0.2, -0.15) is 5.10 Å². The molecule has 2 aromatic heterocycles. The number of rotatable bonds is 4. The smallest absolute Gasteiger partial charge is 0.271 e. The van der Waals surface area contributed by atoms with Crippen LogP contribution in [0.4, 0.5) is 11.4 Å². The van der Waals surface area contributed by atoms with Crippen LogP contribution >= 0.6 is 11.8 Å². The first-order valence-electron chi connectivity index (χ1n) is 9.33. The zero-order chi connectivity index (χ0) is 21.6. The van der Waals surface area contributed by atoms with Crippen LogP contribution in [0, 0.1) is 10.1 Å². The van der Waals surface area contributed by atoms with E-state index in [1.807, 2.05) is 20.8 Å². The number of carbonyl (C=O) groups is 1. The number of benzene rings is 1. The van der Waals surface area contributed by atoms with Crippen molar-refractivity contribution in [1.82, 2.24) is 19.3 Å². The maximum absolute atomic E-state index is 13.1. The van der Waals surface area contributed by atoms with Crippen LogP contribution in [0.15, 0.2) is 40.4 Å². The lowest BCUT2D eigenvalue weighted by molar-refractivity contribution is -0.384. The lowest BCUT2D eigenvalue weighted by Gasteiger charge is -2.20. The van der Waals surface area contributed by atoms with Crippen LogP contribution in [0.1, 0.15) is 33.2 Å². The van der Waals surface area contributed by atoms with Crippen molar-refractivity contribution < 1.29 is 9.72 Å². The summed E-state index contributed by atoms with van der Waals surface area (Å²) in [7, 11) is 0. The second-order valence-electron chi connectivity index (χ2n) is 8.06. The molecule has 30 heavy (non-hydrogen) atoms. The second-order valence-corrected chi connectivity index (χ2v) is 9.05. The Balaban J connectivity index is 1.59. The van der Waals surface area contributed by atoms with Gasteiger partial charge in [-0.1, -0.05) is 17.8 Å². The molecule has 1 aliphatic rings. The highest BCUT2D eigenvalue weighted by Gasteiger charge is 2.30. The van der Waals surface area contributed by atoms with Gasteiger partial charge in [0.15, 0.2) is 10.8 Å². The molecule has 3 heterocycles. The molecule has 1 amide bonds. The first-order valence-corrected chi connectivity index (χ1v) is 10.3. The van der Waals surface area contributed by atoms with Crippen LogP contribution in [-0.2, 0) is 10.3 Å². The molecule has 0 saturated carbocycles. The number of non-ortho nitro benzene ring substituents is 1. The molecule has 156 valence electrons. The number of anilines is 1. The molecular weight excluding hydrogens is 408 g/mol. The minimum Gasteiger partial charge on any atom is -0.326 e. The van der Waals surface area contributed by atoms with Gasteiger partial charge >= 0.3 is 0 Å². The Morgan fingerprint density at radius 3 is 2.87 bits per heavy atom. The minimum atomic E-state index is -0.520. The van der Waals surface area contributed by atoms with E-state index in [0.717, 1.165) is 0 Å². The number of hydrogen-bond donors (Lipinski definition) is 1. The van der Waals surface area contributed by atoms with Crippen LogP contribution in [0.2, 0.25) is 0 Å². The number of nitrogens with zero attached hydrogens (tertiary/aromatic N) is 5. The summed E-state index contributed by atoms with van der Waals surface area (Å²) in [5, 5.41) is 18.9. The molecule has 1 unspecified atom stereocenters. The lowest BCUT2D eigenvalue weighted by Crippen LogP contribution is -2.29. The average Bonchev–Trinajstić information content (AvgIpc) is 3.26. The standard InChI is InChI=1S/C19H20N6O4S/c1-19(2,3)24-16-14(9-20-24)17(27)23-13(10-30-18(23)22-16)8-15(26)21-11-5-4-6-12(7-11)25(28)29/h4-7,9,13H,8,10H2,1-3H3,(H,21,26). The SMILES string of the molecule is CC(C)(C)n1ncc2c(=O)n3c(nc21)SCC3CC(=O)Nc1cccc([N+](=O)[O-])c1. The van der Waals surface area contributed by atoms with Gasteiger partial charge in [0.1, 0.15) is 5.39 Å². The van der Waals surface area contributed by atoms with Gasteiger partial charge in [-0.05, 0) is 26.8 Å². The summed E-state index contributed by atoms with van der Waals surface area (Å²) in [4.78, 5) is 40.6. The van der Waals surface area contributed by atoms with Crippen LogP contribution < -0.4 is 10.9 Å². The molecule has 11 heteroatoms. The zero-order valence-electron chi connectivity index (χ0n) is 16.7. The third kappa shape index (κ3) is 3.56. The van der Waals surface area contributed by atoms with Crippen molar-refractivity contribution in [2.45, 2.75) is 43.9 Å². The Hall–Kier alpha value is -3.21. The predicted octanol–water partition coefficient (Wildman–Crippen LogP) is 2.93. The summed E-state index contributed by atoms with van der Waals surface area (Å²) < 4.78 is 3.28. The second kappa shape index (κ2) is 7.24. The Kier molecular flexibility index (Phi) is 4.85.